The van der Waals surface area contributed by atoms with Crippen molar-refractivity contribution in [2.45, 2.75) is 26.9 Å². The van der Waals surface area contributed by atoms with Crippen molar-refractivity contribution in [2.75, 3.05) is 6.61 Å². The van der Waals surface area contributed by atoms with Gasteiger partial charge < -0.3 is 9.84 Å². The van der Waals surface area contributed by atoms with Crippen molar-refractivity contribution in [1.82, 2.24) is 0 Å². The molecule has 0 fully saturated rings. The van der Waals surface area contributed by atoms with Gasteiger partial charge in [-0.25, -0.2) is 0 Å². The fraction of sp³-hybridized carbons (Fsp3) is 0.500. The lowest BCUT2D eigenvalue weighted by atomic mass is 9.93. The highest BCUT2D eigenvalue weighted by Gasteiger charge is 2.18. The summed E-state index contributed by atoms with van der Waals surface area (Å²) in [5.41, 5.74) is 1.14. The second-order valence-corrected chi connectivity index (χ2v) is 4.43. The van der Waals surface area contributed by atoms with E-state index in [1.807, 2.05) is 37.3 Å². The summed E-state index contributed by atoms with van der Waals surface area (Å²) in [6, 6.07) is 9.97. The summed E-state index contributed by atoms with van der Waals surface area (Å²) in [4.78, 5) is 10.8. The van der Waals surface area contributed by atoms with Crippen LogP contribution in [-0.2, 0) is 16.1 Å². The zero-order valence-corrected chi connectivity index (χ0v) is 10.4. The van der Waals surface area contributed by atoms with E-state index in [-0.39, 0.29) is 11.8 Å². The number of ether oxygens (including phenoxy) is 1. The maximum absolute atomic E-state index is 10.8. The molecule has 1 aromatic carbocycles. The molecule has 1 aromatic rings. The molecular formula is C14H20O3. The highest BCUT2D eigenvalue weighted by Crippen LogP contribution is 2.15. The first-order valence-electron chi connectivity index (χ1n) is 5.95. The van der Waals surface area contributed by atoms with Gasteiger partial charge in [0.25, 0.3) is 0 Å². The van der Waals surface area contributed by atoms with Crippen molar-refractivity contribution in [2.24, 2.45) is 11.8 Å². The Morgan fingerprint density at radius 1 is 1.29 bits per heavy atom. The molecule has 0 spiro atoms. The molecule has 0 aliphatic rings. The van der Waals surface area contributed by atoms with E-state index >= 15 is 0 Å². The lowest BCUT2D eigenvalue weighted by Crippen LogP contribution is -2.19. The third-order valence-electron chi connectivity index (χ3n) is 3.07. The van der Waals surface area contributed by atoms with Crippen LogP contribution in [0, 0.1) is 11.8 Å². The van der Waals surface area contributed by atoms with Gasteiger partial charge in [-0.05, 0) is 17.9 Å². The molecule has 0 aromatic heterocycles. The van der Waals surface area contributed by atoms with E-state index in [1.165, 1.54) is 0 Å². The van der Waals surface area contributed by atoms with E-state index in [0.717, 1.165) is 12.0 Å². The average Bonchev–Trinajstić information content (AvgIpc) is 2.34. The maximum atomic E-state index is 10.8. The van der Waals surface area contributed by atoms with Crippen LogP contribution in [0.2, 0.25) is 0 Å². The molecule has 0 saturated heterocycles. The first kappa shape index (κ1) is 13.7. The second kappa shape index (κ2) is 7.07. The highest BCUT2D eigenvalue weighted by molar-refractivity contribution is 5.69. The summed E-state index contributed by atoms with van der Waals surface area (Å²) in [5.74, 6) is -0.904. The summed E-state index contributed by atoms with van der Waals surface area (Å²) in [6.07, 6.45) is 0.778. The van der Waals surface area contributed by atoms with Crippen LogP contribution in [-0.4, -0.2) is 17.7 Å². The zero-order valence-electron chi connectivity index (χ0n) is 10.4. The normalized spacial score (nSPS) is 14.2. The Morgan fingerprint density at radius 3 is 2.53 bits per heavy atom. The molecule has 17 heavy (non-hydrogen) atoms. The molecule has 2 atom stereocenters. The van der Waals surface area contributed by atoms with Gasteiger partial charge in [-0.15, -0.1) is 0 Å². The molecule has 0 radical (unpaired) electrons. The van der Waals surface area contributed by atoms with Gasteiger partial charge in [0.2, 0.25) is 0 Å². The van der Waals surface area contributed by atoms with Gasteiger partial charge in [0.1, 0.15) is 0 Å². The van der Waals surface area contributed by atoms with Gasteiger partial charge >= 0.3 is 5.97 Å². The third-order valence-corrected chi connectivity index (χ3v) is 3.07. The molecule has 0 aliphatic carbocycles. The Balaban J connectivity index is 2.18. The minimum absolute atomic E-state index is 0.142. The zero-order chi connectivity index (χ0) is 12.7. The summed E-state index contributed by atoms with van der Waals surface area (Å²) in [6.45, 7) is 4.89. The molecule has 3 nitrogen and oxygen atoms in total. The third kappa shape index (κ3) is 5.00. The van der Waals surface area contributed by atoms with Gasteiger partial charge in [0.05, 0.1) is 12.5 Å². The highest BCUT2D eigenvalue weighted by atomic mass is 16.5. The van der Waals surface area contributed by atoms with Crippen molar-refractivity contribution < 1.29 is 14.6 Å². The number of carboxylic acid groups (broad SMARTS) is 1. The molecule has 0 amide bonds. The van der Waals surface area contributed by atoms with Crippen LogP contribution in [0.3, 0.4) is 0 Å². The van der Waals surface area contributed by atoms with E-state index in [2.05, 4.69) is 0 Å². The summed E-state index contributed by atoms with van der Waals surface area (Å²) in [5, 5.41) is 8.85. The molecule has 1 rings (SSSR count). The van der Waals surface area contributed by atoms with Crippen LogP contribution >= 0.6 is 0 Å². The van der Waals surface area contributed by atoms with E-state index in [9.17, 15) is 4.79 Å². The first-order chi connectivity index (χ1) is 8.11. The van der Waals surface area contributed by atoms with Crippen LogP contribution in [0.4, 0.5) is 0 Å². The Morgan fingerprint density at radius 2 is 1.94 bits per heavy atom. The van der Waals surface area contributed by atoms with Crippen LogP contribution in [0.1, 0.15) is 25.8 Å². The van der Waals surface area contributed by atoms with Crippen LogP contribution in [0.25, 0.3) is 0 Å². The standard InChI is InChI=1S/C14H20O3/c1-11(12(2)14(15)16)8-9-17-10-13-6-4-3-5-7-13/h3-7,11-12H,8-10H2,1-2H3,(H,15,16)/t11-,12?/m1/s1. The Labute approximate surface area is 102 Å². The number of carboxylic acids is 1. The number of benzene rings is 1. The Kier molecular flexibility index (Phi) is 5.70. The lowest BCUT2D eigenvalue weighted by molar-refractivity contribution is -0.142. The number of aliphatic carboxylic acids is 1. The monoisotopic (exact) mass is 236 g/mol. The molecule has 0 heterocycles. The quantitative estimate of drug-likeness (QED) is 0.740. The van der Waals surface area contributed by atoms with Gasteiger partial charge in [0, 0.05) is 6.61 Å². The molecular weight excluding hydrogens is 216 g/mol. The summed E-state index contributed by atoms with van der Waals surface area (Å²) in [7, 11) is 0. The smallest absolute Gasteiger partial charge is 0.306 e. The number of rotatable bonds is 7. The second-order valence-electron chi connectivity index (χ2n) is 4.43. The molecule has 1 N–H and O–H groups in total. The number of carbonyl (C=O) groups is 1. The van der Waals surface area contributed by atoms with Gasteiger partial charge in [0.15, 0.2) is 0 Å². The van der Waals surface area contributed by atoms with Crippen LogP contribution < -0.4 is 0 Å². The average molecular weight is 236 g/mol. The lowest BCUT2D eigenvalue weighted by Gasteiger charge is -2.15. The molecule has 0 aliphatic heterocycles. The van der Waals surface area contributed by atoms with Gasteiger partial charge in [-0.1, -0.05) is 44.2 Å². The summed E-state index contributed by atoms with van der Waals surface area (Å²) >= 11 is 0. The predicted molar refractivity (Wildman–Crippen MR) is 66.7 cm³/mol. The van der Waals surface area contributed by atoms with Gasteiger partial charge in [-0.2, -0.15) is 0 Å². The van der Waals surface area contributed by atoms with Crippen molar-refractivity contribution in [3.63, 3.8) is 0 Å². The molecule has 3 heteroatoms. The van der Waals surface area contributed by atoms with Crippen LogP contribution in [0.15, 0.2) is 30.3 Å². The number of hydrogen-bond acceptors (Lipinski definition) is 2. The molecule has 1 unspecified atom stereocenters. The minimum atomic E-state index is -0.736. The largest absolute Gasteiger partial charge is 0.481 e. The minimum Gasteiger partial charge on any atom is -0.481 e. The Bertz CT molecular complexity index is 335. The van der Waals surface area contributed by atoms with E-state index < -0.39 is 5.97 Å². The van der Waals surface area contributed by atoms with E-state index in [1.54, 1.807) is 6.92 Å². The molecule has 94 valence electrons. The Hall–Kier alpha value is -1.35. The first-order valence-corrected chi connectivity index (χ1v) is 5.95. The molecule has 0 bridgehead atoms. The van der Waals surface area contributed by atoms with Crippen LogP contribution in [0.5, 0.6) is 0 Å². The number of hydrogen-bond donors (Lipinski definition) is 1. The predicted octanol–water partition coefficient (Wildman–Crippen LogP) is 2.95. The SMILES string of the molecule is CC(C(=O)O)[C@H](C)CCOCc1ccccc1. The fourth-order valence-electron chi connectivity index (χ4n) is 1.53. The van der Waals surface area contributed by atoms with Crippen molar-refractivity contribution in [3.05, 3.63) is 35.9 Å². The van der Waals surface area contributed by atoms with Gasteiger partial charge in [-0.3, -0.25) is 4.79 Å². The van der Waals surface area contributed by atoms with Crippen molar-refractivity contribution in [1.29, 1.82) is 0 Å². The topological polar surface area (TPSA) is 46.5 Å². The maximum Gasteiger partial charge on any atom is 0.306 e. The van der Waals surface area contributed by atoms with Crippen molar-refractivity contribution >= 4 is 5.97 Å². The molecule has 0 saturated carbocycles. The van der Waals surface area contributed by atoms with Crippen molar-refractivity contribution in [3.8, 4) is 0 Å². The van der Waals surface area contributed by atoms with E-state index in [4.69, 9.17) is 9.84 Å². The van der Waals surface area contributed by atoms with E-state index in [0.29, 0.717) is 13.2 Å². The summed E-state index contributed by atoms with van der Waals surface area (Å²) < 4.78 is 5.53. The fourth-order valence-corrected chi connectivity index (χ4v) is 1.53.